The molecule has 14 heavy (non-hydrogen) atoms. The van der Waals surface area contributed by atoms with Crippen molar-refractivity contribution < 1.29 is 14.6 Å². The van der Waals surface area contributed by atoms with Gasteiger partial charge in [0, 0.05) is 19.5 Å². The van der Waals surface area contributed by atoms with Crippen LogP contribution >= 0.6 is 0 Å². The number of likely N-dealkylation sites (N-methyl/N-ethyl adjacent to an activating group) is 1. The summed E-state index contributed by atoms with van der Waals surface area (Å²) in [5.41, 5.74) is 0. The first-order valence-electron chi connectivity index (χ1n) is 5.23. The van der Waals surface area contributed by atoms with Crippen molar-refractivity contribution in [2.24, 2.45) is 0 Å². The molecule has 1 aliphatic heterocycles. The molecule has 1 rings (SSSR count). The summed E-state index contributed by atoms with van der Waals surface area (Å²) >= 11 is 0. The quantitative estimate of drug-likeness (QED) is 0.442. The van der Waals surface area contributed by atoms with Crippen LogP contribution in [0.3, 0.4) is 0 Å². The first kappa shape index (κ1) is 11.6. The second kappa shape index (κ2) is 4.87. The summed E-state index contributed by atoms with van der Waals surface area (Å²) in [6.45, 7) is 4.94. The third kappa shape index (κ3) is 3.74. The Bertz CT molecular complexity index is 204. The van der Waals surface area contributed by atoms with Gasteiger partial charge in [0.15, 0.2) is 0 Å². The van der Waals surface area contributed by atoms with Crippen LogP contribution in [0.25, 0.3) is 0 Å². The van der Waals surface area contributed by atoms with Crippen molar-refractivity contribution >= 4 is 5.91 Å². The van der Waals surface area contributed by atoms with Gasteiger partial charge in [0.2, 0.25) is 0 Å². The summed E-state index contributed by atoms with van der Waals surface area (Å²) in [6, 6.07) is 0. The van der Waals surface area contributed by atoms with Gasteiger partial charge in [-0.3, -0.25) is 4.90 Å². The van der Waals surface area contributed by atoms with E-state index in [0.29, 0.717) is 6.54 Å². The number of hydrogen-bond donors (Lipinski definition) is 1. The van der Waals surface area contributed by atoms with E-state index in [4.69, 9.17) is 0 Å². The van der Waals surface area contributed by atoms with E-state index in [2.05, 4.69) is 26.0 Å². The largest absolute Gasteiger partial charge is 0.414 e. The minimum Gasteiger partial charge on any atom is -0.414 e. The van der Waals surface area contributed by atoms with E-state index in [0.717, 1.165) is 24.1 Å². The molecule has 1 heterocycles. The molecule has 0 radical (unpaired) electrons. The number of amides is 1. The summed E-state index contributed by atoms with van der Waals surface area (Å²) in [4.78, 5) is 13.4. The maximum absolute atomic E-state index is 11.2. The van der Waals surface area contributed by atoms with Crippen LogP contribution in [0.5, 0.6) is 0 Å². The molecule has 1 saturated heterocycles. The summed E-state index contributed by atoms with van der Waals surface area (Å²) < 4.78 is 1.07. The molecular weight excluding hydrogens is 178 g/mol. The Morgan fingerprint density at radius 1 is 1.43 bits per heavy atom. The Morgan fingerprint density at radius 3 is 2.79 bits per heavy atom. The molecule has 2 N–H and O–H groups in total. The van der Waals surface area contributed by atoms with Crippen LogP contribution in [-0.4, -0.2) is 62.1 Å². The van der Waals surface area contributed by atoms with Gasteiger partial charge in [-0.05, 0) is 0 Å². The molecule has 0 aromatic carbocycles. The van der Waals surface area contributed by atoms with E-state index in [1.807, 2.05) is 0 Å². The number of nitrogens with zero attached hydrogens (tertiary/aromatic N) is 2. The average molecular weight is 200 g/mol. The number of carbonyl (C=O) groups excluding carboxylic acids is 1. The predicted octanol–water partition coefficient (Wildman–Crippen LogP) is -1.35. The Balaban J connectivity index is 2.38. The number of nitrogens with two attached hydrogens (primary N) is 1. The molecule has 4 nitrogen and oxygen atoms in total. The lowest BCUT2D eigenvalue weighted by molar-refractivity contribution is -0.888. The zero-order chi connectivity index (χ0) is 10.6. The van der Waals surface area contributed by atoms with Crippen molar-refractivity contribution in [3.63, 3.8) is 0 Å². The normalized spacial score (nSPS) is 23.1. The fourth-order valence-electron chi connectivity index (χ4n) is 1.80. The number of primary amides is 1. The minimum atomic E-state index is 0.136. The van der Waals surface area contributed by atoms with Gasteiger partial charge in [0.05, 0.1) is 27.2 Å². The molecule has 0 saturated carbocycles. The van der Waals surface area contributed by atoms with Gasteiger partial charge in [0.25, 0.3) is 5.91 Å². The van der Waals surface area contributed by atoms with Gasteiger partial charge >= 0.3 is 0 Å². The standard InChI is InChI=1S/C10H22N3O/c1-11-10(14)9-12-5-4-7-13(2,3)8-6-12/h1,4-9,11H2,2-3H3/q+1. The highest BCUT2D eigenvalue weighted by atomic mass is 16.1. The first-order chi connectivity index (χ1) is 6.53. The lowest BCUT2D eigenvalue weighted by Crippen LogP contribution is -2.83. The van der Waals surface area contributed by atoms with Crippen molar-refractivity contribution in [1.82, 2.24) is 4.90 Å². The van der Waals surface area contributed by atoms with Crippen molar-refractivity contribution in [2.75, 3.05) is 46.8 Å². The van der Waals surface area contributed by atoms with Crippen LogP contribution in [0.15, 0.2) is 0 Å². The maximum Gasteiger partial charge on any atom is 0.298 e. The Hall–Kier alpha value is -0.450. The van der Waals surface area contributed by atoms with E-state index in [-0.39, 0.29) is 5.91 Å². The van der Waals surface area contributed by atoms with Gasteiger partial charge < -0.3 is 9.80 Å². The second-order valence-electron chi connectivity index (χ2n) is 4.68. The molecule has 0 aromatic rings. The molecule has 1 aliphatic rings. The number of rotatable bonds is 2. The molecule has 1 fully saturated rings. The van der Waals surface area contributed by atoms with E-state index in [1.54, 1.807) is 0 Å². The molecular formula is C10H22N3O+. The Morgan fingerprint density at radius 2 is 2.14 bits per heavy atom. The van der Waals surface area contributed by atoms with Crippen molar-refractivity contribution in [1.29, 1.82) is 0 Å². The Labute approximate surface area is 86.5 Å². The summed E-state index contributed by atoms with van der Waals surface area (Å²) in [5.74, 6) is 0.136. The highest BCUT2D eigenvalue weighted by Gasteiger charge is 2.22. The highest BCUT2D eigenvalue weighted by Crippen LogP contribution is 2.06. The average Bonchev–Trinajstić information content (AvgIpc) is 2.28. The maximum atomic E-state index is 11.2. The fraction of sp³-hybridized carbons (Fsp3) is 0.800. The molecule has 0 aromatic heterocycles. The monoisotopic (exact) mass is 200 g/mol. The lowest BCUT2D eigenvalue weighted by atomic mass is 10.3. The zero-order valence-corrected chi connectivity index (χ0v) is 9.33. The smallest absolute Gasteiger partial charge is 0.298 e. The van der Waals surface area contributed by atoms with Gasteiger partial charge in [-0.15, -0.1) is 7.05 Å². The zero-order valence-electron chi connectivity index (χ0n) is 9.33. The molecule has 0 atom stereocenters. The first-order valence-corrected chi connectivity index (χ1v) is 5.23. The van der Waals surface area contributed by atoms with Gasteiger partial charge in [0.1, 0.15) is 6.54 Å². The lowest BCUT2D eigenvalue weighted by Gasteiger charge is -2.27. The van der Waals surface area contributed by atoms with Gasteiger partial charge in [-0.2, -0.15) is 0 Å². The topological polar surface area (TPSA) is 36.9 Å². The number of hydrogen-bond acceptors (Lipinski definition) is 2. The molecule has 0 bridgehead atoms. The van der Waals surface area contributed by atoms with E-state index in [9.17, 15) is 4.79 Å². The van der Waals surface area contributed by atoms with Gasteiger partial charge in [-0.1, -0.05) is 0 Å². The van der Waals surface area contributed by atoms with Crippen LogP contribution in [0.4, 0.5) is 0 Å². The van der Waals surface area contributed by atoms with Crippen molar-refractivity contribution in [3.05, 3.63) is 7.05 Å². The number of carbonyl (C=O) groups is 1. The Kier molecular flexibility index (Phi) is 4.04. The molecule has 4 heteroatoms. The van der Waals surface area contributed by atoms with Crippen LogP contribution < -0.4 is 5.32 Å². The molecule has 0 unspecified atom stereocenters. The van der Waals surface area contributed by atoms with Crippen LogP contribution in [0.2, 0.25) is 0 Å². The second-order valence-corrected chi connectivity index (χ2v) is 4.68. The summed E-state index contributed by atoms with van der Waals surface area (Å²) in [7, 11) is 8.00. The van der Waals surface area contributed by atoms with Crippen LogP contribution in [-0.2, 0) is 4.79 Å². The summed E-state index contributed by atoms with van der Waals surface area (Å²) in [6.07, 6.45) is 1.18. The minimum absolute atomic E-state index is 0.136. The summed E-state index contributed by atoms with van der Waals surface area (Å²) in [5, 5.41) is 1.42. The third-order valence-electron chi connectivity index (χ3n) is 2.87. The molecule has 0 aliphatic carbocycles. The van der Waals surface area contributed by atoms with Crippen LogP contribution in [0, 0.1) is 7.05 Å². The van der Waals surface area contributed by atoms with E-state index in [1.165, 1.54) is 18.3 Å². The van der Waals surface area contributed by atoms with Crippen LogP contribution in [0.1, 0.15) is 6.42 Å². The van der Waals surface area contributed by atoms with Crippen molar-refractivity contribution in [2.45, 2.75) is 6.42 Å². The molecule has 82 valence electrons. The molecule has 0 spiro atoms. The van der Waals surface area contributed by atoms with Gasteiger partial charge in [-0.25, -0.2) is 4.79 Å². The van der Waals surface area contributed by atoms with E-state index >= 15 is 0 Å². The fourth-order valence-corrected chi connectivity index (χ4v) is 1.80. The third-order valence-corrected chi connectivity index (χ3v) is 2.87. The highest BCUT2D eigenvalue weighted by molar-refractivity contribution is 5.67. The van der Waals surface area contributed by atoms with Crippen molar-refractivity contribution in [3.8, 4) is 0 Å². The molecule has 1 amide bonds. The number of quaternary nitrogens is 2. The predicted molar refractivity (Wildman–Crippen MR) is 55.2 cm³/mol. The van der Waals surface area contributed by atoms with E-state index < -0.39 is 0 Å². The SMILES string of the molecule is [CH2-][NH2+]C(=O)CN1CCC[N+](C)(C)CC1.